The average Bonchev–Trinajstić information content (AvgIpc) is 3.07. The second-order valence-corrected chi connectivity index (χ2v) is 6.90. The van der Waals surface area contributed by atoms with E-state index in [1.807, 2.05) is 30.3 Å². The summed E-state index contributed by atoms with van der Waals surface area (Å²) < 4.78 is 4.99. The Kier molecular flexibility index (Phi) is 6.04. The zero-order chi connectivity index (χ0) is 18.4. The summed E-state index contributed by atoms with van der Waals surface area (Å²) >= 11 is 0. The van der Waals surface area contributed by atoms with Gasteiger partial charge in [-0.25, -0.2) is 0 Å². The van der Waals surface area contributed by atoms with Crippen LogP contribution in [0.15, 0.2) is 40.9 Å². The molecule has 2 aromatic rings. The fraction of sp³-hybridized carbons (Fsp3) is 0.450. The van der Waals surface area contributed by atoms with Crippen molar-refractivity contribution >= 4 is 17.6 Å². The topological polar surface area (TPSA) is 84.2 Å². The average molecular weight is 355 g/mol. The van der Waals surface area contributed by atoms with Crippen LogP contribution in [-0.2, 0) is 16.0 Å². The zero-order valence-corrected chi connectivity index (χ0v) is 15.0. The molecule has 138 valence electrons. The van der Waals surface area contributed by atoms with E-state index in [0.29, 0.717) is 18.0 Å². The third-order valence-corrected chi connectivity index (χ3v) is 4.77. The molecule has 1 saturated carbocycles. The summed E-state index contributed by atoms with van der Waals surface area (Å²) in [4.78, 5) is 25.4. The number of rotatable bonds is 6. The maximum absolute atomic E-state index is 12.7. The molecule has 0 spiro atoms. The molecule has 1 fully saturated rings. The minimum absolute atomic E-state index is 0.00381. The highest BCUT2D eigenvalue weighted by molar-refractivity contribution is 5.97. The largest absolute Gasteiger partial charge is 0.360 e. The van der Waals surface area contributed by atoms with Crippen LogP contribution in [0.25, 0.3) is 0 Å². The molecule has 1 aromatic carbocycles. The van der Waals surface area contributed by atoms with Crippen LogP contribution in [0, 0.1) is 12.8 Å². The van der Waals surface area contributed by atoms with Gasteiger partial charge in [-0.2, -0.15) is 0 Å². The Bertz CT molecular complexity index is 736. The van der Waals surface area contributed by atoms with Gasteiger partial charge in [0.1, 0.15) is 11.8 Å². The number of nitrogens with one attached hydrogen (secondary N) is 2. The first-order chi connectivity index (χ1) is 12.6. The van der Waals surface area contributed by atoms with E-state index >= 15 is 0 Å². The van der Waals surface area contributed by atoms with E-state index in [4.69, 9.17) is 4.52 Å². The molecule has 0 aliphatic heterocycles. The smallest absolute Gasteiger partial charge is 0.248 e. The van der Waals surface area contributed by atoms with E-state index in [9.17, 15) is 9.59 Å². The number of carbonyl (C=O) groups is 2. The Morgan fingerprint density at radius 3 is 2.58 bits per heavy atom. The highest BCUT2D eigenvalue weighted by atomic mass is 16.5. The maximum Gasteiger partial charge on any atom is 0.248 e. The predicted octanol–water partition coefficient (Wildman–Crippen LogP) is 3.23. The van der Waals surface area contributed by atoms with Gasteiger partial charge >= 0.3 is 0 Å². The maximum atomic E-state index is 12.7. The summed E-state index contributed by atoms with van der Waals surface area (Å²) in [6.45, 7) is 1.76. The molecule has 1 atom stereocenters. The van der Waals surface area contributed by atoms with Crippen LogP contribution in [0.2, 0.25) is 0 Å². The van der Waals surface area contributed by atoms with Crippen LogP contribution in [-0.4, -0.2) is 23.0 Å². The molecule has 26 heavy (non-hydrogen) atoms. The fourth-order valence-corrected chi connectivity index (χ4v) is 3.35. The van der Waals surface area contributed by atoms with Gasteiger partial charge in [0.15, 0.2) is 5.82 Å². The molecule has 6 heteroatoms. The van der Waals surface area contributed by atoms with Gasteiger partial charge in [-0.1, -0.05) is 54.8 Å². The van der Waals surface area contributed by atoms with E-state index in [0.717, 1.165) is 31.2 Å². The first kappa shape index (κ1) is 18.2. The van der Waals surface area contributed by atoms with Crippen LogP contribution in [0.4, 0.5) is 5.82 Å². The van der Waals surface area contributed by atoms with Crippen molar-refractivity contribution in [3.05, 3.63) is 47.7 Å². The van der Waals surface area contributed by atoms with E-state index in [2.05, 4.69) is 15.8 Å². The Morgan fingerprint density at radius 1 is 1.19 bits per heavy atom. The van der Waals surface area contributed by atoms with Gasteiger partial charge in [0.25, 0.3) is 0 Å². The van der Waals surface area contributed by atoms with Gasteiger partial charge in [0.2, 0.25) is 11.8 Å². The van der Waals surface area contributed by atoms with Crippen molar-refractivity contribution in [3.63, 3.8) is 0 Å². The molecule has 0 saturated heterocycles. The second-order valence-electron chi connectivity index (χ2n) is 6.90. The van der Waals surface area contributed by atoms with Gasteiger partial charge in [0.05, 0.1) is 0 Å². The number of nitrogens with zero attached hydrogens (tertiary/aromatic N) is 1. The molecule has 1 heterocycles. The molecule has 0 bridgehead atoms. The Morgan fingerprint density at radius 2 is 1.92 bits per heavy atom. The quantitative estimate of drug-likeness (QED) is 0.833. The minimum Gasteiger partial charge on any atom is -0.360 e. The molecule has 1 aromatic heterocycles. The summed E-state index contributed by atoms with van der Waals surface area (Å²) in [5.74, 6) is 0.663. The van der Waals surface area contributed by atoms with Crippen molar-refractivity contribution in [1.82, 2.24) is 10.5 Å². The lowest BCUT2D eigenvalue weighted by atomic mass is 9.88. The van der Waals surface area contributed by atoms with Crippen LogP contribution in [0.5, 0.6) is 0 Å². The van der Waals surface area contributed by atoms with Gasteiger partial charge in [0, 0.05) is 18.4 Å². The number of benzene rings is 1. The normalized spacial score (nSPS) is 16.0. The highest BCUT2D eigenvalue weighted by Gasteiger charge is 2.27. The van der Waals surface area contributed by atoms with Gasteiger partial charge < -0.3 is 15.2 Å². The third-order valence-electron chi connectivity index (χ3n) is 4.77. The number of amides is 2. The first-order valence-electron chi connectivity index (χ1n) is 9.20. The van der Waals surface area contributed by atoms with Crippen molar-refractivity contribution in [2.45, 2.75) is 51.5 Å². The predicted molar refractivity (Wildman–Crippen MR) is 98.5 cm³/mol. The van der Waals surface area contributed by atoms with Gasteiger partial charge in [-0.3, -0.25) is 9.59 Å². The molecule has 6 nitrogen and oxygen atoms in total. The zero-order valence-electron chi connectivity index (χ0n) is 15.0. The lowest BCUT2D eigenvalue weighted by Crippen LogP contribution is -2.47. The van der Waals surface area contributed by atoms with Crippen molar-refractivity contribution < 1.29 is 14.1 Å². The Labute approximate surface area is 153 Å². The molecule has 0 radical (unpaired) electrons. The number of aryl methyl sites for hydroxylation is 1. The fourth-order valence-electron chi connectivity index (χ4n) is 3.35. The summed E-state index contributed by atoms with van der Waals surface area (Å²) in [5, 5.41) is 9.48. The van der Waals surface area contributed by atoms with Gasteiger partial charge in [-0.15, -0.1) is 0 Å². The summed E-state index contributed by atoms with van der Waals surface area (Å²) in [7, 11) is 0. The van der Waals surface area contributed by atoms with Crippen LogP contribution in [0.1, 0.15) is 43.4 Å². The highest BCUT2D eigenvalue weighted by Crippen LogP contribution is 2.24. The molecule has 2 amide bonds. The van der Waals surface area contributed by atoms with Crippen LogP contribution in [0.3, 0.4) is 0 Å². The molecule has 1 aliphatic rings. The molecule has 3 rings (SSSR count). The molecular formula is C20H25N3O3. The molecule has 1 unspecified atom stereocenters. The van der Waals surface area contributed by atoms with Crippen LogP contribution >= 0.6 is 0 Å². The molecule has 1 aliphatic carbocycles. The number of carbonyl (C=O) groups excluding carboxylic acids is 2. The second kappa shape index (κ2) is 8.65. The monoisotopic (exact) mass is 355 g/mol. The molecule has 2 N–H and O–H groups in total. The first-order valence-corrected chi connectivity index (χ1v) is 9.20. The van der Waals surface area contributed by atoms with E-state index in [-0.39, 0.29) is 17.7 Å². The number of hydrogen-bond acceptors (Lipinski definition) is 4. The van der Waals surface area contributed by atoms with E-state index in [1.54, 1.807) is 13.0 Å². The lowest BCUT2D eigenvalue weighted by molar-refractivity contribution is -0.130. The van der Waals surface area contributed by atoms with Crippen molar-refractivity contribution in [1.29, 1.82) is 0 Å². The van der Waals surface area contributed by atoms with Gasteiger partial charge in [-0.05, 0) is 25.3 Å². The summed E-state index contributed by atoms with van der Waals surface area (Å²) in [5.41, 5.74) is 0.993. The number of aromatic nitrogens is 1. The summed E-state index contributed by atoms with van der Waals surface area (Å²) in [6.07, 6.45) is 5.56. The number of hydrogen-bond donors (Lipinski definition) is 2. The summed E-state index contributed by atoms with van der Waals surface area (Å²) in [6, 6.07) is 10.7. The van der Waals surface area contributed by atoms with Crippen molar-refractivity contribution in [2.75, 3.05) is 5.32 Å². The molecular weight excluding hydrogens is 330 g/mol. The standard InChI is InChI=1S/C20H25N3O3/c1-14-12-18(23-26-14)22-20(25)17(13-15-8-4-2-5-9-15)21-19(24)16-10-6-3-7-11-16/h2,4-5,8-9,12,16-17H,3,6-7,10-11,13H2,1H3,(H,21,24)(H,22,23,25). The third kappa shape index (κ3) is 4.94. The van der Waals surface area contributed by atoms with Crippen molar-refractivity contribution in [3.8, 4) is 0 Å². The lowest BCUT2D eigenvalue weighted by Gasteiger charge is -2.24. The SMILES string of the molecule is Cc1cc(NC(=O)C(Cc2ccccc2)NC(=O)C2CCCCC2)no1. The Balaban J connectivity index is 1.69. The number of anilines is 1. The Hall–Kier alpha value is -2.63. The van der Waals surface area contributed by atoms with E-state index < -0.39 is 6.04 Å². The van der Waals surface area contributed by atoms with E-state index in [1.165, 1.54) is 6.42 Å². The van der Waals surface area contributed by atoms with Crippen LogP contribution < -0.4 is 10.6 Å². The minimum atomic E-state index is -0.649. The van der Waals surface area contributed by atoms with Crippen molar-refractivity contribution in [2.24, 2.45) is 5.92 Å².